The smallest absolute Gasteiger partial charge is 0.415 e. The van der Waals surface area contributed by atoms with Crippen LogP contribution in [0.3, 0.4) is 0 Å². The zero-order valence-electron chi connectivity index (χ0n) is 16.4. The molecular weight excluding hydrogens is 392 g/mol. The Balaban J connectivity index is 1.72. The number of alkyl carbamates (subject to hydrolysis) is 1. The maximum atomic E-state index is 11.9. The van der Waals surface area contributed by atoms with Crippen molar-refractivity contribution in [3.8, 4) is 0 Å². The van der Waals surface area contributed by atoms with E-state index in [9.17, 15) is 19.2 Å². The fraction of sp³-hybridized carbons (Fsp3) is 0.263. The molecule has 2 rings (SSSR count). The first kappa shape index (κ1) is 22.6. The number of nitrogens with two attached hydrogens (primary N) is 1. The second kappa shape index (κ2) is 11.3. The van der Waals surface area contributed by atoms with Gasteiger partial charge in [0.25, 0.3) is 0 Å². The Kier molecular flexibility index (Phi) is 8.54. The highest BCUT2D eigenvalue weighted by atomic mass is 16.6. The van der Waals surface area contributed by atoms with Crippen LogP contribution in [0.25, 0.3) is 0 Å². The molecule has 0 saturated heterocycles. The number of carbonyl (C=O) groups excluding carboxylic acids is 4. The van der Waals surface area contributed by atoms with E-state index in [1.165, 1.54) is 0 Å². The van der Waals surface area contributed by atoms with Gasteiger partial charge in [-0.05, 0) is 43.5 Å². The van der Waals surface area contributed by atoms with Gasteiger partial charge in [-0.2, -0.15) is 0 Å². The molecule has 0 aliphatic heterocycles. The normalized spacial score (nSPS) is 13.5. The number of amides is 7. The molecule has 1 aromatic rings. The lowest BCUT2D eigenvalue weighted by molar-refractivity contribution is 0.172. The van der Waals surface area contributed by atoms with E-state index in [0.717, 1.165) is 12.0 Å². The monoisotopic (exact) mass is 416 g/mol. The summed E-state index contributed by atoms with van der Waals surface area (Å²) in [6.07, 6.45) is 6.14. The van der Waals surface area contributed by atoms with Crippen LogP contribution in [0, 0.1) is 0 Å². The van der Waals surface area contributed by atoms with E-state index in [1.54, 1.807) is 41.7 Å². The third kappa shape index (κ3) is 8.12. The number of benzene rings is 1. The van der Waals surface area contributed by atoms with Gasteiger partial charge in [0, 0.05) is 18.2 Å². The number of imide groups is 3. The number of ether oxygens (including phenoxy) is 1. The molecule has 0 radical (unpaired) electrons. The zero-order valence-corrected chi connectivity index (χ0v) is 16.4. The largest absolute Gasteiger partial charge is 0.420 e. The average Bonchev–Trinajstić information content (AvgIpc) is 2.69. The van der Waals surface area contributed by atoms with Crippen molar-refractivity contribution in [2.45, 2.75) is 32.2 Å². The number of urea groups is 3. The van der Waals surface area contributed by atoms with Crippen LogP contribution in [0.4, 0.5) is 24.9 Å². The Labute approximate surface area is 173 Å². The first-order chi connectivity index (χ1) is 14.4. The predicted molar refractivity (Wildman–Crippen MR) is 109 cm³/mol. The van der Waals surface area contributed by atoms with Crippen LogP contribution in [0.2, 0.25) is 0 Å². The summed E-state index contributed by atoms with van der Waals surface area (Å²) in [5, 5.41) is 7.97. The van der Waals surface area contributed by atoms with Gasteiger partial charge in [0.05, 0.1) is 0 Å². The second-order valence-corrected chi connectivity index (χ2v) is 6.45. The quantitative estimate of drug-likeness (QED) is 0.316. The molecule has 1 aromatic carbocycles. The molecule has 11 nitrogen and oxygen atoms in total. The first-order valence-corrected chi connectivity index (χ1v) is 9.18. The van der Waals surface area contributed by atoms with Crippen LogP contribution in [-0.4, -0.2) is 30.2 Å². The van der Waals surface area contributed by atoms with Crippen molar-refractivity contribution in [1.82, 2.24) is 21.4 Å². The molecule has 1 aliphatic rings. The van der Waals surface area contributed by atoms with Crippen LogP contribution < -0.4 is 32.5 Å². The van der Waals surface area contributed by atoms with Gasteiger partial charge < -0.3 is 10.1 Å². The minimum Gasteiger partial charge on any atom is -0.415 e. The van der Waals surface area contributed by atoms with Gasteiger partial charge >= 0.3 is 24.2 Å². The molecule has 160 valence electrons. The fourth-order valence-corrected chi connectivity index (χ4v) is 2.47. The summed E-state index contributed by atoms with van der Waals surface area (Å²) in [5.41, 5.74) is 4.09. The van der Waals surface area contributed by atoms with Crippen LogP contribution in [0.1, 0.15) is 25.3 Å². The maximum absolute atomic E-state index is 11.9. The molecule has 1 unspecified atom stereocenters. The predicted octanol–water partition coefficient (Wildman–Crippen LogP) is 1.99. The van der Waals surface area contributed by atoms with E-state index in [4.69, 9.17) is 10.6 Å². The number of rotatable bonds is 5. The molecule has 7 N–H and O–H groups in total. The summed E-state index contributed by atoms with van der Waals surface area (Å²) < 4.78 is 4.92. The van der Waals surface area contributed by atoms with Gasteiger partial charge in [-0.3, -0.25) is 21.9 Å². The third-order valence-electron chi connectivity index (χ3n) is 3.91. The van der Waals surface area contributed by atoms with Crippen molar-refractivity contribution >= 4 is 29.9 Å². The molecule has 0 heterocycles. The van der Waals surface area contributed by atoms with Gasteiger partial charge in [-0.1, -0.05) is 24.3 Å². The highest BCUT2D eigenvalue weighted by Gasteiger charge is 2.16. The summed E-state index contributed by atoms with van der Waals surface area (Å²) >= 11 is 0. The number of hydrogen-bond acceptors (Lipinski definition) is 7. The highest BCUT2D eigenvalue weighted by molar-refractivity contribution is 6.07. The van der Waals surface area contributed by atoms with E-state index in [-0.39, 0.29) is 6.04 Å². The Morgan fingerprint density at radius 1 is 1.03 bits per heavy atom. The zero-order chi connectivity index (χ0) is 21.9. The van der Waals surface area contributed by atoms with E-state index in [0.29, 0.717) is 24.3 Å². The third-order valence-corrected chi connectivity index (χ3v) is 3.91. The molecule has 1 aliphatic carbocycles. The van der Waals surface area contributed by atoms with Crippen LogP contribution in [0.5, 0.6) is 0 Å². The fourth-order valence-electron chi connectivity index (χ4n) is 2.47. The average molecular weight is 416 g/mol. The number of nitrogens with one attached hydrogen (secondary N) is 5. The summed E-state index contributed by atoms with van der Waals surface area (Å²) in [4.78, 5) is 46.8. The van der Waals surface area contributed by atoms with Gasteiger partial charge in [0.2, 0.25) is 0 Å². The molecular formula is C19H24N6O5. The number of hydrazine groups is 1. The van der Waals surface area contributed by atoms with Gasteiger partial charge in [-0.25, -0.2) is 24.5 Å². The lowest BCUT2D eigenvalue weighted by Crippen LogP contribution is -2.49. The summed E-state index contributed by atoms with van der Waals surface area (Å²) in [7, 11) is 0. The summed E-state index contributed by atoms with van der Waals surface area (Å²) in [6.45, 7) is 1.93. The lowest BCUT2D eigenvalue weighted by Gasteiger charge is -2.11. The van der Waals surface area contributed by atoms with Crippen molar-refractivity contribution in [1.29, 1.82) is 0 Å². The van der Waals surface area contributed by atoms with Crippen molar-refractivity contribution in [2.75, 3.05) is 5.32 Å². The highest BCUT2D eigenvalue weighted by Crippen LogP contribution is 2.13. The molecule has 0 fully saturated rings. The Hall–Kier alpha value is -3.70. The van der Waals surface area contributed by atoms with Crippen molar-refractivity contribution in [3.63, 3.8) is 0 Å². The SMILES string of the molecule is CC(Cc1ccc(NC(=O)NC(=O)NC(=O)NC(=O)OC2=CC=CCC2)cc1)NN. The van der Waals surface area contributed by atoms with Crippen LogP contribution in [-0.2, 0) is 11.2 Å². The van der Waals surface area contributed by atoms with Crippen molar-refractivity contribution in [2.24, 2.45) is 5.84 Å². The standard InChI is InChI=1S/C19H24N6O5/c1-12(25-20)11-13-7-9-14(10-8-13)21-16(26)22-17(27)23-18(28)24-19(29)30-15-5-3-2-4-6-15/h2-3,5,7-10,12,25H,4,6,11,20H2,1H3,(H4,21,22,23,24,26,27,28,29). The van der Waals surface area contributed by atoms with Gasteiger partial charge in [0.1, 0.15) is 5.76 Å². The summed E-state index contributed by atoms with van der Waals surface area (Å²) in [6, 6.07) is 3.92. The summed E-state index contributed by atoms with van der Waals surface area (Å²) in [5.74, 6) is 5.75. The van der Waals surface area contributed by atoms with E-state index in [2.05, 4.69) is 10.7 Å². The molecule has 0 spiro atoms. The van der Waals surface area contributed by atoms with Gasteiger partial charge in [-0.15, -0.1) is 0 Å². The molecule has 0 aromatic heterocycles. The van der Waals surface area contributed by atoms with Crippen LogP contribution in [0.15, 0.2) is 48.3 Å². The molecule has 30 heavy (non-hydrogen) atoms. The molecule has 11 heteroatoms. The Bertz CT molecular complexity index is 849. The first-order valence-electron chi connectivity index (χ1n) is 9.18. The lowest BCUT2D eigenvalue weighted by atomic mass is 10.1. The Morgan fingerprint density at radius 3 is 2.33 bits per heavy atom. The molecule has 0 bridgehead atoms. The van der Waals surface area contributed by atoms with E-state index in [1.807, 2.05) is 23.6 Å². The second-order valence-electron chi connectivity index (χ2n) is 6.45. The number of hydrogen-bond donors (Lipinski definition) is 6. The molecule has 7 amide bonds. The number of anilines is 1. The number of carbonyl (C=O) groups is 4. The molecule has 1 atom stereocenters. The van der Waals surface area contributed by atoms with Crippen LogP contribution >= 0.6 is 0 Å². The van der Waals surface area contributed by atoms with Crippen molar-refractivity contribution < 1.29 is 23.9 Å². The Morgan fingerprint density at radius 2 is 1.70 bits per heavy atom. The topological polar surface area (TPSA) is 164 Å². The van der Waals surface area contributed by atoms with Gasteiger partial charge in [0.15, 0.2) is 0 Å². The number of allylic oxidation sites excluding steroid dienone is 4. The minimum atomic E-state index is -1.13. The van der Waals surface area contributed by atoms with E-state index < -0.39 is 24.2 Å². The molecule has 0 saturated carbocycles. The van der Waals surface area contributed by atoms with E-state index >= 15 is 0 Å². The minimum absolute atomic E-state index is 0.0930. The maximum Gasteiger partial charge on any atom is 0.420 e. The van der Waals surface area contributed by atoms with Crippen molar-refractivity contribution in [3.05, 3.63) is 53.8 Å².